The molecule has 0 spiro atoms. The van der Waals surface area contributed by atoms with Gasteiger partial charge in [-0.05, 0) is 19.8 Å². The molecule has 0 saturated carbocycles. The third kappa shape index (κ3) is 4.42. The highest BCUT2D eigenvalue weighted by Gasteiger charge is 2.08. The van der Waals surface area contributed by atoms with Crippen molar-refractivity contribution < 1.29 is 4.52 Å². The van der Waals surface area contributed by atoms with E-state index in [-0.39, 0.29) is 0 Å². The second kappa shape index (κ2) is 6.56. The van der Waals surface area contributed by atoms with Crippen molar-refractivity contribution in [1.82, 2.24) is 15.5 Å². The van der Waals surface area contributed by atoms with Crippen molar-refractivity contribution in [2.75, 3.05) is 0 Å². The average Bonchev–Trinajstić information content (AvgIpc) is 2.61. The number of hydrogen-bond donors (Lipinski definition) is 1. The molecule has 15 heavy (non-hydrogen) atoms. The fourth-order valence-electron chi connectivity index (χ4n) is 1.69. The van der Waals surface area contributed by atoms with Crippen LogP contribution >= 0.6 is 0 Å². The van der Waals surface area contributed by atoms with Gasteiger partial charge in [0.2, 0.25) is 5.89 Å². The molecule has 4 nitrogen and oxygen atoms in total. The van der Waals surface area contributed by atoms with E-state index in [1.807, 2.05) is 6.92 Å². The van der Waals surface area contributed by atoms with E-state index in [0.29, 0.717) is 24.3 Å². The summed E-state index contributed by atoms with van der Waals surface area (Å²) in [5.74, 6) is 1.39. The highest BCUT2D eigenvalue weighted by Crippen LogP contribution is 2.05. The molecular formula is C11H21N3O. The van der Waals surface area contributed by atoms with Crippen LogP contribution in [0.4, 0.5) is 0 Å². The summed E-state index contributed by atoms with van der Waals surface area (Å²) in [5, 5.41) is 7.22. The average molecular weight is 211 g/mol. The minimum Gasteiger partial charge on any atom is -0.338 e. The Bertz CT molecular complexity index is 267. The second-order valence-electron chi connectivity index (χ2n) is 3.89. The largest absolute Gasteiger partial charge is 0.338 e. The van der Waals surface area contributed by atoms with Crippen LogP contribution < -0.4 is 5.32 Å². The van der Waals surface area contributed by atoms with Gasteiger partial charge < -0.3 is 9.84 Å². The molecule has 0 aliphatic heterocycles. The van der Waals surface area contributed by atoms with Crippen molar-refractivity contribution in [3.8, 4) is 0 Å². The summed E-state index contributed by atoms with van der Waals surface area (Å²) in [5.41, 5.74) is 0. The molecule has 86 valence electrons. The Kier molecular flexibility index (Phi) is 5.32. The lowest BCUT2D eigenvalue weighted by Gasteiger charge is -2.15. The molecule has 0 aromatic carbocycles. The van der Waals surface area contributed by atoms with Gasteiger partial charge in [0, 0.05) is 6.04 Å². The van der Waals surface area contributed by atoms with Gasteiger partial charge in [-0.25, -0.2) is 0 Å². The monoisotopic (exact) mass is 211 g/mol. The van der Waals surface area contributed by atoms with E-state index in [1.54, 1.807) is 0 Å². The van der Waals surface area contributed by atoms with Crippen molar-refractivity contribution in [2.45, 2.75) is 59.0 Å². The van der Waals surface area contributed by atoms with Gasteiger partial charge in [-0.3, -0.25) is 0 Å². The lowest BCUT2D eigenvalue weighted by Crippen LogP contribution is -2.28. The normalized spacial score (nSPS) is 11.2. The van der Waals surface area contributed by atoms with Crippen LogP contribution in [0.15, 0.2) is 4.52 Å². The number of rotatable bonds is 7. The van der Waals surface area contributed by atoms with E-state index < -0.39 is 0 Å². The molecule has 1 aromatic rings. The van der Waals surface area contributed by atoms with E-state index in [2.05, 4.69) is 29.3 Å². The summed E-state index contributed by atoms with van der Waals surface area (Å²) in [6.07, 6.45) is 4.84. The van der Waals surface area contributed by atoms with E-state index in [9.17, 15) is 0 Å². The molecule has 1 heterocycles. The fourth-order valence-corrected chi connectivity index (χ4v) is 1.69. The smallest absolute Gasteiger partial charge is 0.240 e. The molecule has 4 heteroatoms. The van der Waals surface area contributed by atoms with Gasteiger partial charge in [0.15, 0.2) is 5.82 Å². The van der Waals surface area contributed by atoms with Gasteiger partial charge in [-0.1, -0.05) is 31.8 Å². The lowest BCUT2D eigenvalue weighted by molar-refractivity contribution is 0.344. The van der Waals surface area contributed by atoms with Crippen LogP contribution in [0.25, 0.3) is 0 Å². The third-order valence-corrected chi connectivity index (χ3v) is 2.39. The zero-order chi connectivity index (χ0) is 11.1. The molecule has 0 radical (unpaired) electrons. The minimum atomic E-state index is 0.576. The zero-order valence-electron chi connectivity index (χ0n) is 9.92. The topological polar surface area (TPSA) is 51.0 Å². The van der Waals surface area contributed by atoms with Crippen molar-refractivity contribution in [3.63, 3.8) is 0 Å². The van der Waals surface area contributed by atoms with Crippen molar-refractivity contribution >= 4 is 0 Å². The summed E-state index contributed by atoms with van der Waals surface area (Å²) in [6, 6.07) is 0.576. The van der Waals surface area contributed by atoms with Crippen LogP contribution in [-0.2, 0) is 6.54 Å². The number of hydrogen-bond acceptors (Lipinski definition) is 4. The van der Waals surface area contributed by atoms with Crippen molar-refractivity contribution in [1.29, 1.82) is 0 Å². The predicted molar refractivity (Wildman–Crippen MR) is 59.5 cm³/mol. The second-order valence-corrected chi connectivity index (χ2v) is 3.89. The van der Waals surface area contributed by atoms with E-state index >= 15 is 0 Å². The summed E-state index contributed by atoms with van der Waals surface area (Å²) < 4.78 is 5.05. The Morgan fingerprint density at radius 2 is 1.93 bits per heavy atom. The maximum atomic E-state index is 5.05. The van der Waals surface area contributed by atoms with Crippen LogP contribution in [0.1, 0.15) is 51.2 Å². The van der Waals surface area contributed by atoms with Crippen LogP contribution in [0.3, 0.4) is 0 Å². The highest BCUT2D eigenvalue weighted by molar-refractivity contribution is 4.82. The van der Waals surface area contributed by atoms with Crippen LogP contribution in [-0.4, -0.2) is 16.2 Å². The summed E-state index contributed by atoms with van der Waals surface area (Å²) in [7, 11) is 0. The number of nitrogens with one attached hydrogen (secondary N) is 1. The van der Waals surface area contributed by atoms with Gasteiger partial charge in [0.05, 0.1) is 6.54 Å². The Morgan fingerprint density at radius 1 is 1.27 bits per heavy atom. The van der Waals surface area contributed by atoms with E-state index in [0.717, 1.165) is 0 Å². The van der Waals surface area contributed by atoms with Gasteiger partial charge in [-0.15, -0.1) is 0 Å². The van der Waals surface area contributed by atoms with Gasteiger partial charge >= 0.3 is 0 Å². The van der Waals surface area contributed by atoms with Gasteiger partial charge in [-0.2, -0.15) is 4.98 Å². The Morgan fingerprint density at radius 3 is 2.40 bits per heavy atom. The van der Waals surface area contributed by atoms with Gasteiger partial charge in [0.25, 0.3) is 0 Å². The molecule has 1 aromatic heterocycles. The zero-order valence-corrected chi connectivity index (χ0v) is 9.92. The quantitative estimate of drug-likeness (QED) is 0.752. The summed E-state index contributed by atoms with van der Waals surface area (Å²) in [6.45, 7) is 6.94. The molecule has 0 aliphatic rings. The molecule has 1 rings (SSSR count). The molecule has 0 unspecified atom stereocenters. The Hall–Kier alpha value is -0.900. The summed E-state index contributed by atoms with van der Waals surface area (Å²) >= 11 is 0. The van der Waals surface area contributed by atoms with Crippen LogP contribution in [0, 0.1) is 6.92 Å². The third-order valence-electron chi connectivity index (χ3n) is 2.39. The first-order valence-corrected chi connectivity index (χ1v) is 5.78. The van der Waals surface area contributed by atoms with E-state index in [4.69, 9.17) is 4.52 Å². The van der Waals surface area contributed by atoms with Crippen molar-refractivity contribution in [2.24, 2.45) is 0 Å². The number of aromatic nitrogens is 2. The maximum Gasteiger partial charge on any atom is 0.240 e. The fraction of sp³-hybridized carbons (Fsp3) is 0.818. The van der Waals surface area contributed by atoms with Gasteiger partial charge in [0.1, 0.15) is 0 Å². The molecule has 0 amide bonds. The van der Waals surface area contributed by atoms with E-state index in [1.165, 1.54) is 25.7 Å². The van der Waals surface area contributed by atoms with Crippen molar-refractivity contribution in [3.05, 3.63) is 11.7 Å². The first-order chi connectivity index (χ1) is 7.26. The first-order valence-electron chi connectivity index (χ1n) is 5.78. The minimum absolute atomic E-state index is 0.576. The number of nitrogens with zero attached hydrogens (tertiary/aromatic N) is 2. The number of aryl methyl sites for hydroxylation is 1. The maximum absolute atomic E-state index is 5.05. The molecule has 0 aliphatic carbocycles. The highest BCUT2D eigenvalue weighted by atomic mass is 16.5. The predicted octanol–water partition coefficient (Wildman–Crippen LogP) is 2.44. The molecule has 0 fully saturated rings. The lowest BCUT2D eigenvalue weighted by atomic mass is 10.1. The SMILES string of the molecule is CCCC(CCC)NCc1nc(C)no1. The molecule has 0 atom stereocenters. The molecular weight excluding hydrogens is 190 g/mol. The van der Waals surface area contributed by atoms with Crippen LogP contribution in [0.5, 0.6) is 0 Å². The Balaban J connectivity index is 2.32. The molecule has 0 bridgehead atoms. The molecule has 1 N–H and O–H groups in total. The summed E-state index contributed by atoms with van der Waals surface area (Å²) in [4.78, 5) is 4.16. The standard InChI is InChI=1S/C11H21N3O/c1-4-6-10(7-5-2)12-8-11-13-9(3)14-15-11/h10,12H,4-8H2,1-3H3. The molecule has 0 saturated heterocycles. The Labute approximate surface area is 91.5 Å². The first kappa shape index (κ1) is 12.2. The van der Waals surface area contributed by atoms with Crippen LogP contribution in [0.2, 0.25) is 0 Å².